The van der Waals surface area contributed by atoms with Crippen molar-refractivity contribution in [3.05, 3.63) is 42.0 Å². The van der Waals surface area contributed by atoms with Crippen molar-refractivity contribution in [1.29, 1.82) is 0 Å². The Labute approximate surface area is 194 Å². The summed E-state index contributed by atoms with van der Waals surface area (Å²) < 4.78 is 5.45. The Morgan fingerprint density at radius 1 is 1.15 bits per heavy atom. The largest absolute Gasteiger partial charge is 0.444 e. The molecule has 9 nitrogen and oxygen atoms in total. The third-order valence-electron chi connectivity index (χ3n) is 5.80. The van der Waals surface area contributed by atoms with Gasteiger partial charge in [0.2, 0.25) is 0 Å². The molecule has 3 heterocycles. The van der Waals surface area contributed by atoms with Gasteiger partial charge in [0.05, 0.1) is 11.4 Å². The van der Waals surface area contributed by atoms with Crippen LogP contribution in [-0.4, -0.2) is 47.1 Å². The van der Waals surface area contributed by atoms with Crippen LogP contribution in [0.2, 0.25) is 0 Å². The van der Waals surface area contributed by atoms with Gasteiger partial charge in [-0.1, -0.05) is 12.1 Å². The first-order valence-corrected chi connectivity index (χ1v) is 11.4. The number of fused-ring (bicyclic) bond motifs is 1. The number of benzene rings is 1. The number of hydrogen-bond acceptors (Lipinski definition) is 7. The van der Waals surface area contributed by atoms with Crippen LogP contribution >= 0.6 is 0 Å². The molecule has 1 fully saturated rings. The maximum Gasteiger partial charge on any atom is 0.410 e. The average Bonchev–Trinajstić information content (AvgIpc) is 3.26. The summed E-state index contributed by atoms with van der Waals surface area (Å²) in [6, 6.07) is 11.3. The third kappa shape index (κ3) is 5.92. The van der Waals surface area contributed by atoms with Crippen molar-refractivity contribution >= 4 is 23.5 Å². The van der Waals surface area contributed by atoms with Crippen LogP contribution in [0.3, 0.4) is 0 Å². The number of carbonyl (C=O) groups excluding carboxylic acids is 2. The zero-order valence-corrected chi connectivity index (χ0v) is 19.4. The SMILES string of the molecule is CC(C)(C)OC(=O)N1CCC(CCNC(=O)c2cccc(-c3ccc4c(n3)NNN4)c2)CC1. The highest BCUT2D eigenvalue weighted by atomic mass is 16.6. The normalized spacial score (nSPS) is 15.9. The Bertz CT molecular complexity index is 1010. The van der Waals surface area contributed by atoms with Crippen LogP contribution < -0.4 is 21.7 Å². The van der Waals surface area contributed by atoms with E-state index >= 15 is 0 Å². The molecular formula is C24H32N6O3. The topological polar surface area (TPSA) is 108 Å². The number of piperidine rings is 1. The van der Waals surface area contributed by atoms with E-state index in [1.165, 1.54) is 0 Å². The van der Waals surface area contributed by atoms with Gasteiger partial charge in [-0.15, -0.1) is 5.53 Å². The summed E-state index contributed by atoms with van der Waals surface area (Å²) in [7, 11) is 0. The maximum atomic E-state index is 12.7. The average molecular weight is 453 g/mol. The van der Waals surface area contributed by atoms with Crippen LogP contribution in [-0.2, 0) is 4.74 Å². The predicted octanol–water partition coefficient (Wildman–Crippen LogP) is 3.77. The van der Waals surface area contributed by atoms with Crippen LogP contribution in [0.5, 0.6) is 0 Å². The Kier molecular flexibility index (Phi) is 6.69. The minimum Gasteiger partial charge on any atom is -0.444 e. The van der Waals surface area contributed by atoms with Crippen molar-refractivity contribution < 1.29 is 14.3 Å². The van der Waals surface area contributed by atoms with Crippen LogP contribution in [0.1, 0.15) is 50.4 Å². The van der Waals surface area contributed by atoms with Gasteiger partial charge in [0.1, 0.15) is 5.60 Å². The van der Waals surface area contributed by atoms with E-state index in [4.69, 9.17) is 4.74 Å². The summed E-state index contributed by atoms with van der Waals surface area (Å²) in [5, 5.41) is 3.03. The van der Waals surface area contributed by atoms with Crippen molar-refractivity contribution in [3.63, 3.8) is 0 Å². The molecular weight excluding hydrogens is 420 g/mol. The molecule has 0 saturated carbocycles. The molecule has 2 aromatic rings. The molecule has 2 amide bonds. The fourth-order valence-electron chi connectivity index (χ4n) is 4.02. The third-order valence-corrected chi connectivity index (χ3v) is 5.80. The van der Waals surface area contributed by atoms with E-state index in [9.17, 15) is 9.59 Å². The minimum atomic E-state index is -0.475. The molecule has 2 aliphatic rings. The smallest absolute Gasteiger partial charge is 0.410 e. The summed E-state index contributed by atoms with van der Waals surface area (Å²) in [6.45, 7) is 7.64. The zero-order valence-electron chi connectivity index (χ0n) is 19.4. The van der Waals surface area contributed by atoms with E-state index in [0.717, 1.165) is 42.0 Å². The second-order valence-corrected chi connectivity index (χ2v) is 9.50. The highest BCUT2D eigenvalue weighted by Gasteiger charge is 2.26. The van der Waals surface area contributed by atoms with Crippen LogP contribution in [0, 0.1) is 5.92 Å². The van der Waals surface area contributed by atoms with E-state index in [0.29, 0.717) is 31.1 Å². The van der Waals surface area contributed by atoms with Gasteiger partial charge in [-0.05, 0) is 70.2 Å². The van der Waals surface area contributed by atoms with Crippen LogP contribution in [0.4, 0.5) is 16.3 Å². The van der Waals surface area contributed by atoms with Gasteiger partial charge in [0.25, 0.3) is 5.91 Å². The van der Waals surface area contributed by atoms with Gasteiger partial charge in [0, 0.05) is 30.8 Å². The van der Waals surface area contributed by atoms with Gasteiger partial charge in [-0.25, -0.2) is 9.78 Å². The summed E-state index contributed by atoms with van der Waals surface area (Å²) >= 11 is 0. The number of rotatable bonds is 5. The standard InChI is InChI=1S/C24H32N6O3/c1-24(2,3)33-23(32)30-13-10-16(11-14-30)9-12-25-22(31)18-6-4-5-17(15-18)19-7-8-20-21(26-19)28-29-27-20/h4-8,15-16,27,29H,9-14H2,1-3H3,(H,25,31)(H,26,28). The van der Waals surface area contributed by atoms with E-state index < -0.39 is 5.60 Å². The van der Waals surface area contributed by atoms with Gasteiger partial charge < -0.3 is 20.4 Å². The second-order valence-electron chi connectivity index (χ2n) is 9.50. The highest BCUT2D eigenvalue weighted by molar-refractivity contribution is 5.95. The van der Waals surface area contributed by atoms with Crippen molar-refractivity contribution in [3.8, 4) is 11.3 Å². The van der Waals surface area contributed by atoms with E-state index in [-0.39, 0.29) is 12.0 Å². The van der Waals surface area contributed by atoms with E-state index in [2.05, 4.69) is 26.7 Å². The number of anilines is 2. The number of ether oxygens (including phenoxy) is 1. The fraction of sp³-hybridized carbons (Fsp3) is 0.458. The molecule has 0 unspecified atom stereocenters. The Hall–Kier alpha value is -3.33. The predicted molar refractivity (Wildman–Crippen MR) is 128 cm³/mol. The number of hydrogen-bond donors (Lipinski definition) is 4. The molecule has 33 heavy (non-hydrogen) atoms. The number of likely N-dealkylation sites (tertiary alicyclic amines) is 1. The van der Waals surface area contributed by atoms with Crippen molar-refractivity contribution in [2.75, 3.05) is 30.5 Å². The highest BCUT2D eigenvalue weighted by Crippen LogP contribution is 2.27. The number of aromatic nitrogens is 1. The lowest BCUT2D eigenvalue weighted by Crippen LogP contribution is -2.42. The molecule has 1 saturated heterocycles. The number of amides is 2. The van der Waals surface area contributed by atoms with Gasteiger partial charge in [-0.3, -0.25) is 10.2 Å². The maximum absolute atomic E-state index is 12.7. The van der Waals surface area contributed by atoms with Gasteiger partial charge in [-0.2, -0.15) is 0 Å². The zero-order chi connectivity index (χ0) is 23.4. The summed E-state index contributed by atoms with van der Waals surface area (Å²) in [4.78, 5) is 31.3. The second kappa shape index (κ2) is 9.66. The molecule has 2 aliphatic heterocycles. The number of pyridine rings is 1. The Morgan fingerprint density at radius 2 is 1.94 bits per heavy atom. The van der Waals surface area contributed by atoms with Crippen molar-refractivity contribution in [2.45, 2.75) is 45.6 Å². The molecule has 1 aromatic carbocycles. The molecule has 0 bridgehead atoms. The molecule has 4 rings (SSSR count). The first-order chi connectivity index (χ1) is 15.8. The summed E-state index contributed by atoms with van der Waals surface area (Å²) in [6.07, 6.45) is 2.50. The molecule has 176 valence electrons. The molecule has 9 heteroatoms. The summed E-state index contributed by atoms with van der Waals surface area (Å²) in [5.41, 5.74) is 11.4. The van der Waals surface area contributed by atoms with Crippen molar-refractivity contribution in [1.82, 2.24) is 20.7 Å². The first kappa shape index (κ1) is 22.8. The number of nitrogens with zero attached hydrogens (tertiary/aromatic N) is 2. The van der Waals surface area contributed by atoms with Gasteiger partial charge in [0.15, 0.2) is 5.82 Å². The lowest BCUT2D eigenvalue weighted by atomic mass is 9.93. The Morgan fingerprint density at radius 3 is 2.70 bits per heavy atom. The number of nitrogens with one attached hydrogen (secondary N) is 4. The Balaban J connectivity index is 1.25. The lowest BCUT2D eigenvalue weighted by Gasteiger charge is -2.33. The van der Waals surface area contributed by atoms with Crippen LogP contribution in [0.15, 0.2) is 36.4 Å². The number of hydrazine groups is 2. The summed E-state index contributed by atoms with van der Waals surface area (Å²) in [5.74, 6) is 1.12. The van der Waals surface area contributed by atoms with Crippen LogP contribution in [0.25, 0.3) is 11.3 Å². The van der Waals surface area contributed by atoms with Crippen molar-refractivity contribution in [2.24, 2.45) is 5.92 Å². The molecule has 0 radical (unpaired) electrons. The molecule has 1 aromatic heterocycles. The molecule has 0 atom stereocenters. The number of carbonyl (C=O) groups is 2. The quantitative estimate of drug-likeness (QED) is 0.547. The van der Waals surface area contributed by atoms with E-state index in [1.54, 1.807) is 4.90 Å². The first-order valence-electron chi connectivity index (χ1n) is 11.4. The minimum absolute atomic E-state index is 0.0920. The van der Waals surface area contributed by atoms with Gasteiger partial charge >= 0.3 is 6.09 Å². The van der Waals surface area contributed by atoms with E-state index in [1.807, 2.05) is 57.2 Å². The monoisotopic (exact) mass is 452 g/mol. The molecule has 0 aliphatic carbocycles. The molecule has 4 N–H and O–H groups in total. The fourth-order valence-corrected chi connectivity index (χ4v) is 4.02. The lowest BCUT2D eigenvalue weighted by molar-refractivity contribution is 0.0182. The molecule has 0 spiro atoms.